The first-order chi connectivity index (χ1) is 19.1. The van der Waals surface area contributed by atoms with Gasteiger partial charge in [-0.3, -0.25) is 4.79 Å². The average molecular weight is 549 g/mol. The molecule has 0 radical (unpaired) electrons. The van der Waals surface area contributed by atoms with Gasteiger partial charge in [-0.15, -0.1) is 6.58 Å². The summed E-state index contributed by atoms with van der Waals surface area (Å²) >= 11 is 1.66. The Morgan fingerprint density at radius 3 is 2.56 bits per heavy atom. The molecule has 0 saturated heterocycles. The minimum atomic E-state index is -1.21. The van der Waals surface area contributed by atoms with E-state index in [0.29, 0.717) is 43.4 Å². The van der Waals surface area contributed by atoms with Crippen molar-refractivity contribution in [1.29, 1.82) is 0 Å². The van der Waals surface area contributed by atoms with Crippen molar-refractivity contribution in [2.45, 2.75) is 30.2 Å². The molecular weight excluding hydrogens is 515 g/mol. The lowest BCUT2D eigenvalue weighted by atomic mass is 9.84. The molecule has 1 heterocycles. The van der Waals surface area contributed by atoms with Gasteiger partial charge in [-0.1, -0.05) is 48.5 Å². The highest BCUT2D eigenvalue weighted by Crippen LogP contribution is 2.42. The third-order valence-electron chi connectivity index (χ3n) is 6.30. The summed E-state index contributed by atoms with van der Waals surface area (Å²) in [5, 5.41) is 12.0. The summed E-state index contributed by atoms with van der Waals surface area (Å²) in [6, 6.07) is 23.4. The summed E-state index contributed by atoms with van der Waals surface area (Å²) in [5.41, 5.74) is 1.40. The number of aliphatic hydroxyl groups excluding tert-OH is 1. The Hall–Kier alpha value is -3.62. The largest absolute Gasteiger partial charge is 0.494 e. The Morgan fingerprint density at radius 1 is 1.13 bits per heavy atom. The molecule has 0 bridgehead atoms. The van der Waals surface area contributed by atoms with Gasteiger partial charge in [0.05, 0.1) is 6.61 Å². The van der Waals surface area contributed by atoms with Crippen molar-refractivity contribution in [1.82, 2.24) is 5.32 Å². The van der Waals surface area contributed by atoms with Crippen LogP contribution in [0, 0.1) is 5.82 Å². The van der Waals surface area contributed by atoms with Crippen molar-refractivity contribution in [3.8, 4) is 5.75 Å². The lowest BCUT2D eigenvalue weighted by molar-refractivity contribution is -0.128. The maximum Gasteiger partial charge on any atom is 0.252 e. The van der Waals surface area contributed by atoms with Crippen LogP contribution >= 0.6 is 11.8 Å². The number of amides is 1. The van der Waals surface area contributed by atoms with E-state index in [4.69, 9.17) is 19.6 Å². The molecule has 0 unspecified atom stereocenters. The second-order valence-electron chi connectivity index (χ2n) is 9.13. The molecule has 39 heavy (non-hydrogen) atoms. The Labute approximate surface area is 233 Å². The van der Waals surface area contributed by atoms with E-state index in [0.717, 1.165) is 22.4 Å². The zero-order valence-electron chi connectivity index (χ0n) is 21.7. The minimum absolute atomic E-state index is 0.0734. The van der Waals surface area contributed by atoms with E-state index in [1.807, 2.05) is 54.6 Å². The number of hydrogen-bond acceptors (Lipinski definition) is 6. The van der Waals surface area contributed by atoms with Gasteiger partial charge in [0.15, 0.2) is 11.6 Å². The fourth-order valence-corrected chi connectivity index (χ4v) is 5.14. The van der Waals surface area contributed by atoms with Crippen LogP contribution in [0.4, 0.5) is 4.39 Å². The molecule has 0 aliphatic carbocycles. The van der Waals surface area contributed by atoms with Crippen LogP contribution in [0.3, 0.4) is 0 Å². The molecule has 0 aromatic heterocycles. The summed E-state index contributed by atoms with van der Waals surface area (Å²) in [6.07, 6.45) is 1.93. The van der Waals surface area contributed by atoms with E-state index in [1.165, 1.54) is 12.1 Å². The SMILES string of the molecule is C=CC[C@@]1(C(=O)NCCSCc2ccc(F)cc2)N=C(c2ccc(OCCCO)cc2)O[C@@H]1c1ccccc1. The number of hydrogen-bond donors (Lipinski definition) is 2. The molecule has 3 aromatic rings. The summed E-state index contributed by atoms with van der Waals surface area (Å²) in [6.45, 7) is 4.86. The molecule has 1 aliphatic rings. The molecule has 1 aliphatic heterocycles. The number of aliphatic hydroxyl groups is 1. The number of halogens is 1. The van der Waals surface area contributed by atoms with Gasteiger partial charge in [0.2, 0.25) is 5.90 Å². The highest BCUT2D eigenvalue weighted by atomic mass is 32.2. The van der Waals surface area contributed by atoms with Gasteiger partial charge in [-0.05, 0) is 47.5 Å². The van der Waals surface area contributed by atoms with Crippen LogP contribution in [0.2, 0.25) is 0 Å². The highest BCUT2D eigenvalue weighted by Gasteiger charge is 2.52. The Kier molecular flexibility index (Phi) is 10.2. The minimum Gasteiger partial charge on any atom is -0.494 e. The molecular formula is C31H33FN2O4S. The van der Waals surface area contributed by atoms with Crippen molar-refractivity contribution in [2.24, 2.45) is 4.99 Å². The van der Waals surface area contributed by atoms with Gasteiger partial charge in [0.1, 0.15) is 11.6 Å². The number of nitrogens with one attached hydrogen (secondary N) is 1. The third kappa shape index (κ3) is 7.28. The third-order valence-corrected chi connectivity index (χ3v) is 7.33. The van der Waals surface area contributed by atoms with Crippen LogP contribution in [-0.4, -0.2) is 48.0 Å². The first-order valence-corrected chi connectivity index (χ1v) is 14.1. The normalized spacial score (nSPS) is 18.2. The summed E-state index contributed by atoms with van der Waals surface area (Å²) in [4.78, 5) is 18.6. The van der Waals surface area contributed by atoms with Crippen molar-refractivity contribution in [3.63, 3.8) is 0 Å². The predicted molar refractivity (Wildman–Crippen MR) is 154 cm³/mol. The zero-order chi connectivity index (χ0) is 27.5. The number of thioether (sulfide) groups is 1. The number of aliphatic imine (C=N–C) groups is 1. The van der Waals surface area contributed by atoms with E-state index < -0.39 is 11.6 Å². The highest BCUT2D eigenvalue weighted by molar-refractivity contribution is 7.98. The van der Waals surface area contributed by atoms with Crippen molar-refractivity contribution >= 4 is 23.6 Å². The standard InChI is InChI=1S/C31H33FN2O4S/c1-2-17-31(30(36)33-18-21-39-22-23-9-13-26(32)14-10-23)28(24-7-4-3-5-8-24)38-29(34-31)25-11-15-27(16-12-25)37-20-6-19-35/h2-5,7-16,28,35H,1,6,17-22H2,(H,33,36)/t28-,31-/m1/s1. The van der Waals surface area contributed by atoms with Crippen molar-refractivity contribution in [2.75, 3.05) is 25.5 Å². The molecule has 1 amide bonds. The number of carbonyl (C=O) groups is 1. The molecule has 0 saturated carbocycles. The first-order valence-electron chi connectivity index (χ1n) is 12.9. The lowest BCUT2D eigenvalue weighted by Crippen LogP contribution is -2.48. The maximum atomic E-state index is 13.8. The number of carbonyl (C=O) groups excluding carboxylic acids is 1. The second kappa shape index (κ2) is 14.0. The molecule has 3 aromatic carbocycles. The van der Waals surface area contributed by atoms with Crippen LogP contribution in [0.25, 0.3) is 0 Å². The average Bonchev–Trinajstić information content (AvgIpc) is 3.35. The lowest BCUT2D eigenvalue weighted by Gasteiger charge is -2.29. The van der Waals surface area contributed by atoms with Gasteiger partial charge in [0, 0.05) is 43.1 Å². The molecule has 0 spiro atoms. The molecule has 2 atom stereocenters. The fourth-order valence-electron chi connectivity index (χ4n) is 4.32. The topological polar surface area (TPSA) is 80.2 Å². The van der Waals surface area contributed by atoms with Gasteiger partial charge >= 0.3 is 0 Å². The number of rotatable bonds is 14. The fraction of sp³-hybridized carbons (Fsp3) is 0.290. The van der Waals surface area contributed by atoms with Crippen molar-refractivity contribution in [3.05, 3.63) is 114 Å². The van der Waals surface area contributed by atoms with E-state index in [1.54, 1.807) is 30.0 Å². The van der Waals surface area contributed by atoms with Gasteiger partial charge in [-0.25, -0.2) is 9.38 Å². The van der Waals surface area contributed by atoms with Gasteiger partial charge < -0.3 is 19.9 Å². The molecule has 0 fully saturated rings. The van der Waals surface area contributed by atoms with Crippen LogP contribution in [0.5, 0.6) is 5.75 Å². The van der Waals surface area contributed by atoms with E-state index in [-0.39, 0.29) is 18.3 Å². The molecule has 8 heteroatoms. The zero-order valence-corrected chi connectivity index (χ0v) is 22.5. The molecule has 6 nitrogen and oxygen atoms in total. The maximum absolute atomic E-state index is 13.8. The van der Waals surface area contributed by atoms with Crippen LogP contribution < -0.4 is 10.1 Å². The Balaban J connectivity index is 1.49. The van der Waals surface area contributed by atoms with E-state index in [9.17, 15) is 9.18 Å². The van der Waals surface area contributed by atoms with Crippen LogP contribution in [0.1, 0.15) is 35.6 Å². The van der Waals surface area contributed by atoms with Crippen LogP contribution in [-0.2, 0) is 15.3 Å². The number of benzene rings is 3. The molecule has 204 valence electrons. The first kappa shape index (κ1) is 28.4. The summed E-state index contributed by atoms with van der Waals surface area (Å²) in [5.74, 6) is 2.01. The number of nitrogens with zero attached hydrogens (tertiary/aromatic N) is 1. The smallest absolute Gasteiger partial charge is 0.252 e. The Morgan fingerprint density at radius 2 is 1.87 bits per heavy atom. The summed E-state index contributed by atoms with van der Waals surface area (Å²) in [7, 11) is 0. The van der Waals surface area contributed by atoms with Gasteiger partial charge in [0.25, 0.3) is 5.91 Å². The van der Waals surface area contributed by atoms with Crippen molar-refractivity contribution < 1.29 is 23.8 Å². The molecule has 2 N–H and O–H groups in total. The van der Waals surface area contributed by atoms with E-state index in [2.05, 4.69) is 11.9 Å². The second-order valence-corrected chi connectivity index (χ2v) is 10.2. The monoisotopic (exact) mass is 548 g/mol. The predicted octanol–water partition coefficient (Wildman–Crippen LogP) is 5.47. The Bertz CT molecular complexity index is 1250. The van der Waals surface area contributed by atoms with Crippen LogP contribution in [0.15, 0.2) is 96.5 Å². The van der Waals surface area contributed by atoms with E-state index >= 15 is 0 Å². The number of ether oxygens (including phenoxy) is 2. The molecule has 4 rings (SSSR count). The van der Waals surface area contributed by atoms with Gasteiger partial charge in [-0.2, -0.15) is 11.8 Å². The quantitative estimate of drug-likeness (QED) is 0.206. The summed E-state index contributed by atoms with van der Waals surface area (Å²) < 4.78 is 25.2.